The Kier molecular flexibility index (Phi) is 5.07. The highest BCUT2D eigenvalue weighted by Crippen LogP contribution is 2.32. The van der Waals surface area contributed by atoms with Crippen molar-refractivity contribution < 1.29 is 4.79 Å². The summed E-state index contributed by atoms with van der Waals surface area (Å²) in [5, 5.41) is 0.771. The Morgan fingerprint density at radius 3 is 2.53 bits per heavy atom. The van der Waals surface area contributed by atoms with Crippen LogP contribution in [0.3, 0.4) is 0 Å². The minimum Gasteiger partial charge on any atom is -0.383 e. The summed E-state index contributed by atoms with van der Waals surface area (Å²) in [5.41, 5.74) is 8.74. The maximum atomic E-state index is 12.9. The first-order chi connectivity index (χ1) is 14.7. The summed E-state index contributed by atoms with van der Waals surface area (Å²) < 4.78 is 0. The molecular weight excluding hydrogens is 374 g/mol. The minimum atomic E-state index is 0.231. The average Bonchev–Trinajstić information content (AvgIpc) is 3.34. The van der Waals surface area contributed by atoms with Gasteiger partial charge in [-0.15, -0.1) is 0 Å². The zero-order valence-corrected chi connectivity index (χ0v) is 17.1. The van der Waals surface area contributed by atoms with Gasteiger partial charge in [-0.2, -0.15) is 0 Å². The van der Waals surface area contributed by atoms with Gasteiger partial charge in [-0.3, -0.25) is 4.79 Å². The fraction of sp³-hybridized carbons (Fsp3) is 0.417. The molecule has 0 bridgehead atoms. The van der Waals surface area contributed by atoms with Crippen molar-refractivity contribution in [3.63, 3.8) is 0 Å². The Balaban J connectivity index is 1.43. The van der Waals surface area contributed by atoms with Crippen LogP contribution in [0.5, 0.6) is 0 Å². The monoisotopic (exact) mass is 401 g/mol. The van der Waals surface area contributed by atoms with Crippen molar-refractivity contribution in [2.75, 3.05) is 18.8 Å². The van der Waals surface area contributed by atoms with E-state index >= 15 is 0 Å². The Bertz CT molecular complexity index is 1060. The van der Waals surface area contributed by atoms with E-state index in [0.29, 0.717) is 23.2 Å². The van der Waals surface area contributed by atoms with Crippen LogP contribution in [-0.2, 0) is 4.79 Å². The molecule has 154 valence electrons. The second kappa shape index (κ2) is 8.01. The predicted molar refractivity (Wildman–Crippen MR) is 118 cm³/mol. The highest BCUT2D eigenvalue weighted by molar-refractivity contribution is 5.87. The number of benzene rings is 1. The standard InChI is InChI=1S/C24H27N5O/c25-21-19-12-13-20(26-23(19)28-22(27-21)16-7-2-1-3-8-16)18-11-6-14-29(15-18)24(30)17-9-4-5-10-17/h1-3,7-8,12-13,17-18H,4-6,9-11,14-15H2,(H2,25,26,27,28)/t18-/m1/s1. The molecule has 2 N–H and O–H groups in total. The van der Waals surface area contributed by atoms with E-state index in [0.717, 1.165) is 55.4 Å². The Hall–Kier alpha value is -3.02. The number of nitrogens with zero attached hydrogens (tertiary/aromatic N) is 4. The van der Waals surface area contributed by atoms with Crippen LogP contribution in [0, 0.1) is 5.92 Å². The molecule has 2 fully saturated rings. The molecule has 0 spiro atoms. The molecular formula is C24H27N5O. The minimum absolute atomic E-state index is 0.231. The third-order valence-corrected chi connectivity index (χ3v) is 6.50. The first-order valence-electron chi connectivity index (χ1n) is 11.0. The number of pyridine rings is 1. The van der Waals surface area contributed by atoms with E-state index in [1.165, 1.54) is 12.8 Å². The van der Waals surface area contributed by atoms with Crippen molar-refractivity contribution in [3.05, 3.63) is 48.2 Å². The topological polar surface area (TPSA) is 85.0 Å². The molecule has 0 unspecified atom stereocenters. The van der Waals surface area contributed by atoms with Crippen LogP contribution < -0.4 is 5.73 Å². The number of carbonyl (C=O) groups excluding carboxylic acids is 1. The van der Waals surface area contributed by atoms with E-state index in [2.05, 4.69) is 9.88 Å². The Labute approximate surface area is 176 Å². The quantitative estimate of drug-likeness (QED) is 0.712. The molecule has 1 aromatic carbocycles. The molecule has 0 radical (unpaired) electrons. The molecule has 3 heterocycles. The van der Waals surface area contributed by atoms with Gasteiger partial charge < -0.3 is 10.6 Å². The molecule has 5 rings (SSSR count). The van der Waals surface area contributed by atoms with Gasteiger partial charge in [-0.1, -0.05) is 43.2 Å². The number of rotatable bonds is 3. The zero-order chi connectivity index (χ0) is 20.5. The van der Waals surface area contributed by atoms with Crippen molar-refractivity contribution in [2.45, 2.75) is 44.4 Å². The van der Waals surface area contributed by atoms with Crippen LogP contribution in [-0.4, -0.2) is 38.8 Å². The molecule has 2 aromatic heterocycles. The van der Waals surface area contributed by atoms with E-state index in [9.17, 15) is 4.79 Å². The highest BCUT2D eigenvalue weighted by Gasteiger charge is 2.31. The van der Waals surface area contributed by atoms with Gasteiger partial charge in [-0.25, -0.2) is 15.0 Å². The molecule has 6 heteroatoms. The number of amides is 1. The lowest BCUT2D eigenvalue weighted by molar-refractivity contribution is -0.136. The molecule has 3 aromatic rings. The largest absolute Gasteiger partial charge is 0.383 e. The number of likely N-dealkylation sites (tertiary alicyclic amines) is 1. The van der Waals surface area contributed by atoms with Crippen LogP contribution in [0.4, 0.5) is 5.82 Å². The second-order valence-electron chi connectivity index (χ2n) is 8.51. The number of aromatic nitrogens is 3. The molecule has 1 atom stereocenters. The number of nitrogen functional groups attached to an aromatic ring is 1. The van der Waals surface area contributed by atoms with Gasteiger partial charge in [0.2, 0.25) is 5.91 Å². The molecule has 1 aliphatic heterocycles. The van der Waals surface area contributed by atoms with Gasteiger partial charge in [0.05, 0.1) is 5.39 Å². The molecule has 1 saturated carbocycles. The number of anilines is 1. The molecule has 1 amide bonds. The van der Waals surface area contributed by atoms with Crippen molar-refractivity contribution in [1.82, 2.24) is 19.9 Å². The van der Waals surface area contributed by atoms with E-state index in [1.54, 1.807) is 0 Å². The smallest absolute Gasteiger partial charge is 0.225 e. The van der Waals surface area contributed by atoms with Gasteiger partial charge in [0.25, 0.3) is 0 Å². The number of fused-ring (bicyclic) bond motifs is 1. The lowest BCUT2D eigenvalue weighted by atomic mass is 9.92. The van der Waals surface area contributed by atoms with Crippen molar-refractivity contribution in [3.8, 4) is 11.4 Å². The average molecular weight is 402 g/mol. The third-order valence-electron chi connectivity index (χ3n) is 6.50. The molecule has 1 aliphatic carbocycles. The van der Waals surface area contributed by atoms with Crippen molar-refractivity contribution >= 4 is 22.8 Å². The van der Waals surface area contributed by atoms with E-state index in [-0.39, 0.29) is 11.8 Å². The molecule has 2 aliphatic rings. The first-order valence-corrected chi connectivity index (χ1v) is 11.0. The summed E-state index contributed by atoms with van der Waals surface area (Å²) >= 11 is 0. The van der Waals surface area contributed by atoms with Gasteiger partial charge in [0, 0.05) is 36.2 Å². The van der Waals surface area contributed by atoms with Gasteiger partial charge in [-0.05, 0) is 37.8 Å². The van der Waals surface area contributed by atoms with Gasteiger partial charge in [0.1, 0.15) is 5.82 Å². The molecule has 1 saturated heterocycles. The third kappa shape index (κ3) is 3.62. The Morgan fingerprint density at radius 1 is 0.933 bits per heavy atom. The number of nitrogens with two attached hydrogens (primary N) is 1. The van der Waals surface area contributed by atoms with Gasteiger partial charge >= 0.3 is 0 Å². The van der Waals surface area contributed by atoms with Crippen LogP contribution in [0.15, 0.2) is 42.5 Å². The summed E-state index contributed by atoms with van der Waals surface area (Å²) in [5.74, 6) is 1.85. The Morgan fingerprint density at radius 2 is 1.73 bits per heavy atom. The molecule has 30 heavy (non-hydrogen) atoms. The summed E-state index contributed by atoms with van der Waals surface area (Å²) in [4.78, 5) is 29.0. The normalized spacial score (nSPS) is 20.0. The first kappa shape index (κ1) is 19.0. The van der Waals surface area contributed by atoms with Crippen LogP contribution in [0.2, 0.25) is 0 Å². The van der Waals surface area contributed by atoms with Crippen LogP contribution >= 0.6 is 0 Å². The summed E-state index contributed by atoms with van der Waals surface area (Å²) in [6, 6.07) is 13.8. The summed E-state index contributed by atoms with van der Waals surface area (Å²) in [6.07, 6.45) is 6.53. The maximum Gasteiger partial charge on any atom is 0.225 e. The summed E-state index contributed by atoms with van der Waals surface area (Å²) in [6.45, 7) is 1.62. The lowest BCUT2D eigenvalue weighted by Gasteiger charge is -2.34. The fourth-order valence-corrected chi connectivity index (χ4v) is 4.84. The van der Waals surface area contributed by atoms with Gasteiger partial charge in [0.15, 0.2) is 11.5 Å². The SMILES string of the molecule is Nc1nc(-c2ccccc2)nc2nc([C@@H]3CCCN(C(=O)C4CCCC4)C3)ccc12. The zero-order valence-electron chi connectivity index (χ0n) is 17.1. The van der Waals surface area contributed by atoms with Crippen LogP contribution in [0.1, 0.15) is 50.1 Å². The summed E-state index contributed by atoms with van der Waals surface area (Å²) in [7, 11) is 0. The second-order valence-corrected chi connectivity index (χ2v) is 8.51. The van der Waals surface area contributed by atoms with Crippen molar-refractivity contribution in [2.24, 2.45) is 5.92 Å². The number of piperidine rings is 1. The maximum absolute atomic E-state index is 12.9. The highest BCUT2D eigenvalue weighted by atomic mass is 16.2. The lowest BCUT2D eigenvalue weighted by Crippen LogP contribution is -2.42. The van der Waals surface area contributed by atoms with Crippen LogP contribution in [0.25, 0.3) is 22.4 Å². The van der Waals surface area contributed by atoms with E-state index < -0.39 is 0 Å². The number of hydrogen-bond donors (Lipinski definition) is 1. The molecule has 6 nitrogen and oxygen atoms in total. The van der Waals surface area contributed by atoms with Crippen molar-refractivity contribution in [1.29, 1.82) is 0 Å². The predicted octanol–water partition coefficient (Wildman–Crippen LogP) is 4.17. The van der Waals surface area contributed by atoms with E-state index in [4.69, 9.17) is 15.7 Å². The fourth-order valence-electron chi connectivity index (χ4n) is 4.84. The number of carbonyl (C=O) groups is 1. The number of hydrogen-bond acceptors (Lipinski definition) is 5. The van der Waals surface area contributed by atoms with E-state index in [1.807, 2.05) is 42.5 Å².